The highest BCUT2D eigenvalue weighted by Gasteiger charge is 2.18. The number of anilines is 2. The normalized spacial score (nSPS) is 13.6. The first kappa shape index (κ1) is 20.7. The molecule has 2 N–H and O–H groups in total. The number of nitrogens with one attached hydrogen (secondary N) is 2. The zero-order chi connectivity index (χ0) is 20.5. The molecule has 6 nitrogen and oxygen atoms in total. The molecule has 6 heteroatoms. The number of benzene rings is 2. The minimum Gasteiger partial charge on any atom is -0.494 e. The Kier molecular flexibility index (Phi) is 7.50. The summed E-state index contributed by atoms with van der Waals surface area (Å²) in [6, 6.07) is 14.7. The molecule has 1 heterocycles. The predicted molar refractivity (Wildman–Crippen MR) is 116 cm³/mol. The Bertz CT molecular complexity index is 832. The van der Waals surface area contributed by atoms with Gasteiger partial charge < -0.3 is 20.3 Å². The van der Waals surface area contributed by atoms with Crippen LogP contribution < -0.4 is 15.4 Å². The smallest absolute Gasteiger partial charge is 0.253 e. The van der Waals surface area contributed by atoms with Crippen molar-refractivity contribution in [2.24, 2.45) is 0 Å². The van der Waals surface area contributed by atoms with E-state index in [1.54, 1.807) is 24.3 Å². The van der Waals surface area contributed by atoms with Gasteiger partial charge in [-0.2, -0.15) is 0 Å². The van der Waals surface area contributed by atoms with Gasteiger partial charge in [0.05, 0.1) is 13.2 Å². The highest BCUT2D eigenvalue weighted by Crippen LogP contribution is 2.18. The van der Waals surface area contributed by atoms with Gasteiger partial charge in [0.25, 0.3) is 5.91 Å². The Morgan fingerprint density at radius 2 is 1.76 bits per heavy atom. The van der Waals surface area contributed by atoms with Gasteiger partial charge in [0.15, 0.2) is 0 Å². The van der Waals surface area contributed by atoms with Gasteiger partial charge >= 0.3 is 0 Å². The van der Waals surface area contributed by atoms with Crippen LogP contribution in [0.15, 0.2) is 48.5 Å². The molecule has 2 amide bonds. The van der Waals surface area contributed by atoms with E-state index in [2.05, 4.69) is 17.6 Å². The van der Waals surface area contributed by atoms with Gasteiger partial charge in [0.1, 0.15) is 5.75 Å². The molecule has 0 aliphatic carbocycles. The van der Waals surface area contributed by atoms with E-state index in [1.165, 1.54) is 6.42 Å². The lowest BCUT2D eigenvalue weighted by molar-refractivity contribution is -0.114. The van der Waals surface area contributed by atoms with Gasteiger partial charge in [0.2, 0.25) is 5.91 Å². The van der Waals surface area contributed by atoms with Crippen LogP contribution in [0.2, 0.25) is 0 Å². The lowest BCUT2D eigenvalue weighted by atomic mass is 10.1. The van der Waals surface area contributed by atoms with Crippen molar-refractivity contribution in [3.8, 4) is 5.75 Å². The number of carbonyl (C=O) groups excluding carboxylic acids is 2. The van der Waals surface area contributed by atoms with Crippen molar-refractivity contribution in [2.45, 2.75) is 32.6 Å². The van der Waals surface area contributed by atoms with Gasteiger partial charge in [-0.3, -0.25) is 9.59 Å². The lowest BCUT2D eigenvalue weighted by Gasteiger charge is -2.26. The third-order valence-corrected chi connectivity index (χ3v) is 4.80. The molecular weight excluding hydrogens is 366 g/mol. The van der Waals surface area contributed by atoms with E-state index >= 15 is 0 Å². The Hall–Kier alpha value is -3.02. The van der Waals surface area contributed by atoms with Crippen molar-refractivity contribution in [2.75, 3.05) is 36.9 Å². The Morgan fingerprint density at radius 1 is 1.00 bits per heavy atom. The van der Waals surface area contributed by atoms with E-state index in [4.69, 9.17) is 4.74 Å². The highest BCUT2D eigenvalue weighted by atomic mass is 16.5. The van der Waals surface area contributed by atoms with E-state index < -0.39 is 0 Å². The van der Waals surface area contributed by atoms with Crippen LogP contribution in [0.3, 0.4) is 0 Å². The van der Waals surface area contributed by atoms with Crippen LogP contribution in [-0.2, 0) is 4.79 Å². The first-order valence-electron chi connectivity index (χ1n) is 10.3. The third kappa shape index (κ3) is 6.24. The highest BCUT2D eigenvalue weighted by molar-refractivity contribution is 5.98. The summed E-state index contributed by atoms with van der Waals surface area (Å²) in [5, 5.41) is 5.96. The number of likely N-dealkylation sites (tertiary alicyclic amines) is 1. The number of rotatable bonds is 8. The zero-order valence-electron chi connectivity index (χ0n) is 16.9. The van der Waals surface area contributed by atoms with Gasteiger partial charge in [-0.15, -0.1) is 0 Å². The molecular formula is C23H29N3O3. The average molecular weight is 396 g/mol. The van der Waals surface area contributed by atoms with Crippen molar-refractivity contribution < 1.29 is 14.3 Å². The molecule has 0 radical (unpaired) electrons. The van der Waals surface area contributed by atoms with Crippen LogP contribution >= 0.6 is 0 Å². The average Bonchev–Trinajstić information content (AvgIpc) is 2.77. The molecule has 2 aromatic carbocycles. The molecule has 0 unspecified atom stereocenters. The molecule has 2 aromatic rings. The zero-order valence-corrected chi connectivity index (χ0v) is 16.9. The SMILES string of the molecule is CCCOc1cccc(NCC(=O)Nc2cccc(C(=O)N3CCCCC3)c2)c1. The minimum absolute atomic E-state index is 0.0304. The van der Waals surface area contributed by atoms with Gasteiger partial charge in [-0.05, 0) is 56.0 Å². The topological polar surface area (TPSA) is 70.7 Å². The standard InChI is InChI=1S/C23H29N3O3/c1-2-14-29-21-11-7-9-19(16-21)24-17-22(27)25-20-10-6-8-18(15-20)23(28)26-12-4-3-5-13-26/h6-11,15-16,24H,2-5,12-14,17H2,1H3,(H,25,27). The fourth-order valence-corrected chi connectivity index (χ4v) is 3.31. The van der Waals surface area contributed by atoms with Crippen LogP contribution in [0, 0.1) is 0 Å². The van der Waals surface area contributed by atoms with E-state index in [9.17, 15) is 9.59 Å². The summed E-state index contributed by atoms with van der Waals surface area (Å²) in [5.41, 5.74) is 2.06. The number of hydrogen-bond acceptors (Lipinski definition) is 4. The summed E-state index contributed by atoms with van der Waals surface area (Å²) < 4.78 is 5.61. The Balaban J connectivity index is 1.53. The molecule has 154 valence electrons. The molecule has 0 bridgehead atoms. The number of hydrogen-bond donors (Lipinski definition) is 2. The first-order chi connectivity index (χ1) is 14.2. The molecule has 1 aliphatic rings. The van der Waals surface area contributed by atoms with Crippen molar-refractivity contribution in [1.29, 1.82) is 0 Å². The lowest BCUT2D eigenvalue weighted by Crippen LogP contribution is -2.35. The number of nitrogens with zero attached hydrogens (tertiary/aromatic N) is 1. The maximum Gasteiger partial charge on any atom is 0.253 e. The Labute approximate surface area is 172 Å². The largest absolute Gasteiger partial charge is 0.494 e. The van der Waals surface area contributed by atoms with Crippen molar-refractivity contribution in [3.05, 3.63) is 54.1 Å². The summed E-state index contributed by atoms with van der Waals surface area (Å²) in [4.78, 5) is 26.9. The van der Waals surface area contributed by atoms with Crippen LogP contribution in [0.5, 0.6) is 5.75 Å². The molecule has 1 fully saturated rings. The number of piperidine rings is 1. The van der Waals surface area contributed by atoms with Gasteiger partial charge in [-0.1, -0.05) is 19.1 Å². The quantitative estimate of drug-likeness (QED) is 0.704. The second-order valence-electron chi connectivity index (χ2n) is 7.21. The molecule has 1 aliphatic heterocycles. The van der Waals surface area contributed by atoms with Gasteiger partial charge in [-0.25, -0.2) is 0 Å². The van der Waals surface area contributed by atoms with Crippen molar-refractivity contribution >= 4 is 23.2 Å². The van der Waals surface area contributed by atoms with E-state index in [0.29, 0.717) is 17.9 Å². The maximum atomic E-state index is 12.6. The molecule has 0 spiro atoms. The summed E-state index contributed by atoms with van der Waals surface area (Å²) in [6.07, 6.45) is 4.23. The predicted octanol–water partition coefficient (Wildman–Crippen LogP) is 4.15. The van der Waals surface area contributed by atoms with Crippen molar-refractivity contribution in [3.63, 3.8) is 0 Å². The fraction of sp³-hybridized carbons (Fsp3) is 0.391. The second-order valence-corrected chi connectivity index (χ2v) is 7.21. The molecule has 3 rings (SSSR count). The molecule has 1 saturated heterocycles. The molecule has 29 heavy (non-hydrogen) atoms. The van der Waals surface area contributed by atoms with Crippen LogP contribution in [-0.4, -0.2) is 43.0 Å². The summed E-state index contributed by atoms with van der Waals surface area (Å²) in [7, 11) is 0. The van der Waals surface area contributed by atoms with E-state index in [-0.39, 0.29) is 18.4 Å². The first-order valence-corrected chi connectivity index (χ1v) is 10.3. The summed E-state index contributed by atoms with van der Waals surface area (Å²) >= 11 is 0. The number of ether oxygens (including phenoxy) is 1. The number of amides is 2. The Morgan fingerprint density at radius 3 is 2.55 bits per heavy atom. The summed E-state index contributed by atoms with van der Waals surface area (Å²) in [5.74, 6) is 0.636. The minimum atomic E-state index is -0.174. The van der Waals surface area contributed by atoms with Crippen LogP contribution in [0.25, 0.3) is 0 Å². The molecule has 0 saturated carbocycles. The molecule has 0 aromatic heterocycles. The maximum absolute atomic E-state index is 12.6. The van der Waals surface area contributed by atoms with Crippen molar-refractivity contribution in [1.82, 2.24) is 4.90 Å². The monoisotopic (exact) mass is 395 g/mol. The van der Waals surface area contributed by atoms with E-state index in [0.717, 1.165) is 43.8 Å². The fourth-order valence-electron chi connectivity index (χ4n) is 3.31. The number of carbonyl (C=O) groups is 2. The third-order valence-electron chi connectivity index (χ3n) is 4.80. The van der Waals surface area contributed by atoms with Crippen LogP contribution in [0.4, 0.5) is 11.4 Å². The molecule has 0 atom stereocenters. The van der Waals surface area contributed by atoms with Gasteiger partial charge in [0, 0.05) is 36.1 Å². The summed E-state index contributed by atoms with van der Waals surface area (Å²) in [6.45, 7) is 4.46. The van der Waals surface area contributed by atoms with Crippen LogP contribution in [0.1, 0.15) is 43.0 Å². The second kappa shape index (κ2) is 10.5. The van der Waals surface area contributed by atoms with E-state index in [1.807, 2.05) is 29.2 Å².